The summed E-state index contributed by atoms with van der Waals surface area (Å²) in [4.78, 5) is 0. The van der Waals surface area contributed by atoms with Crippen LogP contribution in [0, 0.1) is 6.92 Å². The van der Waals surface area contributed by atoms with Crippen LogP contribution in [-0.4, -0.2) is 10.2 Å². The lowest BCUT2D eigenvalue weighted by atomic mass is 9.84. The molecule has 0 aliphatic heterocycles. The summed E-state index contributed by atoms with van der Waals surface area (Å²) in [6, 6.07) is 49.8. The van der Waals surface area contributed by atoms with Crippen molar-refractivity contribution in [3.8, 4) is 44.9 Å². The first kappa shape index (κ1) is 28.8. The minimum absolute atomic E-state index is 0.123. The van der Waals surface area contributed by atoms with Crippen LogP contribution in [0.2, 0.25) is 0 Å². The van der Waals surface area contributed by atoms with Crippen molar-refractivity contribution in [2.45, 2.75) is 6.92 Å². The lowest BCUT2D eigenvalue weighted by molar-refractivity contribution is 0.472. The van der Waals surface area contributed by atoms with Crippen molar-refractivity contribution in [2.24, 2.45) is 0 Å². The predicted octanol–water partition coefficient (Wildman–Crippen LogP) is 12.8. The molecular formula is C47H32O2. The van der Waals surface area contributed by atoms with Gasteiger partial charge in [0.15, 0.2) is 0 Å². The standard InChI is InChI=1S/C47H32O2/c1-3-33-28(2)34-18-8-4-14-29(34)24-40(33)42-26-31-16-6-10-20-36(31)44(46(42)48)45-37-21-11-7-17-32(37)27-43(47(45)49)41-25-30-15-5-9-19-35(30)38-22-12-13-23-39(38)41/h3-27,48-49H,1H2,2H3. The summed E-state index contributed by atoms with van der Waals surface area (Å²) >= 11 is 0. The van der Waals surface area contributed by atoms with E-state index in [9.17, 15) is 10.2 Å². The van der Waals surface area contributed by atoms with E-state index in [0.29, 0.717) is 16.7 Å². The van der Waals surface area contributed by atoms with E-state index in [2.05, 4.69) is 98.4 Å². The molecule has 2 N–H and O–H groups in total. The molecule has 0 saturated heterocycles. The van der Waals surface area contributed by atoms with Gasteiger partial charge < -0.3 is 10.2 Å². The molecule has 232 valence electrons. The Balaban J connectivity index is 1.42. The topological polar surface area (TPSA) is 40.5 Å². The number of aryl methyl sites for hydroxylation is 1. The van der Waals surface area contributed by atoms with Gasteiger partial charge in [-0.2, -0.15) is 0 Å². The first-order valence-corrected chi connectivity index (χ1v) is 16.6. The van der Waals surface area contributed by atoms with Crippen molar-refractivity contribution in [3.05, 3.63) is 163 Å². The minimum atomic E-state index is 0.123. The molecule has 0 atom stereocenters. The lowest BCUT2D eigenvalue weighted by Gasteiger charge is -2.21. The number of rotatable bonds is 4. The van der Waals surface area contributed by atoms with E-state index in [0.717, 1.165) is 76.3 Å². The van der Waals surface area contributed by atoms with E-state index < -0.39 is 0 Å². The molecule has 0 unspecified atom stereocenters. The molecule has 2 nitrogen and oxygen atoms in total. The molecule has 0 aromatic heterocycles. The molecular weight excluding hydrogens is 597 g/mol. The van der Waals surface area contributed by atoms with Crippen LogP contribution in [0.25, 0.3) is 93.3 Å². The summed E-state index contributed by atoms with van der Waals surface area (Å²) in [5.41, 5.74) is 6.55. The van der Waals surface area contributed by atoms with Gasteiger partial charge in [0.05, 0.1) is 0 Å². The third-order valence-corrected chi connectivity index (χ3v) is 10.2. The van der Waals surface area contributed by atoms with E-state index in [1.165, 1.54) is 5.39 Å². The summed E-state index contributed by atoms with van der Waals surface area (Å²) in [7, 11) is 0. The van der Waals surface area contributed by atoms with Crippen LogP contribution in [0.1, 0.15) is 11.1 Å². The van der Waals surface area contributed by atoms with E-state index in [4.69, 9.17) is 0 Å². The maximum Gasteiger partial charge on any atom is 0.132 e. The maximum atomic E-state index is 12.6. The number of fused-ring (bicyclic) bond motifs is 6. The molecule has 0 radical (unpaired) electrons. The first-order valence-electron chi connectivity index (χ1n) is 16.6. The Morgan fingerprint density at radius 2 is 0.776 bits per heavy atom. The fourth-order valence-electron chi connectivity index (χ4n) is 7.90. The molecule has 0 aliphatic rings. The number of phenolic OH excluding ortho intramolecular Hbond substituents is 2. The zero-order valence-corrected chi connectivity index (χ0v) is 27.0. The van der Waals surface area contributed by atoms with Gasteiger partial charge in [-0.05, 0) is 107 Å². The quantitative estimate of drug-likeness (QED) is 0.190. The molecule has 9 aromatic rings. The Kier molecular flexibility index (Phi) is 6.53. The molecule has 0 aliphatic carbocycles. The summed E-state index contributed by atoms with van der Waals surface area (Å²) in [5, 5.41) is 35.6. The van der Waals surface area contributed by atoms with Crippen LogP contribution in [0.15, 0.2) is 152 Å². The highest BCUT2D eigenvalue weighted by Crippen LogP contribution is 2.53. The van der Waals surface area contributed by atoms with Crippen LogP contribution < -0.4 is 0 Å². The second-order valence-electron chi connectivity index (χ2n) is 12.8. The number of hydrogen-bond donors (Lipinski definition) is 2. The number of hydrogen-bond acceptors (Lipinski definition) is 2. The highest BCUT2D eigenvalue weighted by Gasteiger charge is 2.25. The van der Waals surface area contributed by atoms with E-state index in [1.807, 2.05) is 66.7 Å². The molecule has 0 amide bonds. The van der Waals surface area contributed by atoms with Crippen LogP contribution >= 0.6 is 0 Å². The van der Waals surface area contributed by atoms with E-state index >= 15 is 0 Å². The van der Waals surface area contributed by atoms with Crippen molar-refractivity contribution in [2.75, 3.05) is 0 Å². The van der Waals surface area contributed by atoms with Gasteiger partial charge in [-0.15, -0.1) is 0 Å². The Labute approximate surface area is 284 Å². The zero-order valence-electron chi connectivity index (χ0n) is 27.0. The number of phenols is 2. The maximum absolute atomic E-state index is 12.6. The second kappa shape index (κ2) is 11.1. The van der Waals surface area contributed by atoms with E-state index in [1.54, 1.807) is 0 Å². The molecule has 0 saturated carbocycles. The van der Waals surface area contributed by atoms with Crippen molar-refractivity contribution in [1.82, 2.24) is 0 Å². The van der Waals surface area contributed by atoms with Gasteiger partial charge in [0.25, 0.3) is 0 Å². The second-order valence-corrected chi connectivity index (χ2v) is 12.8. The summed E-state index contributed by atoms with van der Waals surface area (Å²) in [6.45, 7) is 6.29. The van der Waals surface area contributed by atoms with Crippen LogP contribution in [0.5, 0.6) is 11.5 Å². The van der Waals surface area contributed by atoms with Crippen molar-refractivity contribution >= 4 is 59.9 Å². The van der Waals surface area contributed by atoms with Crippen LogP contribution in [0.3, 0.4) is 0 Å². The number of benzene rings is 9. The molecule has 0 heterocycles. The third-order valence-electron chi connectivity index (χ3n) is 10.2. The number of aromatic hydroxyl groups is 2. The molecule has 0 spiro atoms. The smallest absolute Gasteiger partial charge is 0.132 e. The highest BCUT2D eigenvalue weighted by molar-refractivity contribution is 6.18. The van der Waals surface area contributed by atoms with Gasteiger partial charge in [-0.1, -0.05) is 134 Å². The average molecular weight is 629 g/mol. The Bertz CT molecular complexity index is 2820. The normalized spacial score (nSPS) is 11.6. The zero-order chi connectivity index (χ0) is 33.2. The summed E-state index contributed by atoms with van der Waals surface area (Å²) in [5.74, 6) is 0.257. The third kappa shape index (κ3) is 4.35. The lowest BCUT2D eigenvalue weighted by Crippen LogP contribution is -1.95. The van der Waals surface area contributed by atoms with Crippen LogP contribution in [-0.2, 0) is 0 Å². The van der Waals surface area contributed by atoms with Gasteiger partial charge in [-0.25, -0.2) is 0 Å². The molecule has 9 aromatic carbocycles. The largest absolute Gasteiger partial charge is 0.507 e. The van der Waals surface area contributed by atoms with Crippen molar-refractivity contribution in [1.29, 1.82) is 0 Å². The van der Waals surface area contributed by atoms with Gasteiger partial charge in [0.1, 0.15) is 11.5 Å². The van der Waals surface area contributed by atoms with Crippen molar-refractivity contribution < 1.29 is 10.2 Å². The van der Waals surface area contributed by atoms with Gasteiger partial charge in [0, 0.05) is 22.3 Å². The summed E-state index contributed by atoms with van der Waals surface area (Å²) < 4.78 is 0. The van der Waals surface area contributed by atoms with Gasteiger partial charge in [-0.3, -0.25) is 0 Å². The predicted molar refractivity (Wildman–Crippen MR) is 208 cm³/mol. The summed E-state index contributed by atoms with van der Waals surface area (Å²) in [6.07, 6.45) is 1.88. The molecule has 2 heteroatoms. The Morgan fingerprint density at radius 1 is 0.408 bits per heavy atom. The fourth-order valence-corrected chi connectivity index (χ4v) is 7.90. The average Bonchev–Trinajstić information content (AvgIpc) is 3.14. The molecule has 0 fully saturated rings. The van der Waals surface area contributed by atoms with E-state index in [-0.39, 0.29) is 11.5 Å². The SMILES string of the molecule is C=Cc1c(-c2cc3ccccc3c(-c3c(O)c(-c4cc5ccccc5c5ccccc45)cc4ccccc34)c2O)cc2ccccc2c1C. The first-order chi connectivity index (χ1) is 24.0. The fraction of sp³-hybridized carbons (Fsp3) is 0.0213. The Hall–Kier alpha value is -6.38. The molecule has 9 rings (SSSR count). The van der Waals surface area contributed by atoms with Gasteiger partial charge in [0.2, 0.25) is 0 Å². The Morgan fingerprint density at radius 3 is 1.33 bits per heavy atom. The molecule has 49 heavy (non-hydrogen) atoms. The van der Waals surface area contributed by atoms with Gasteiger partial charge >= 0.3 is 0 Å². The van der Waals surface area contributed by atoms with Crippen molar-refractivity contribution in [3.63, 3.8) is 0 Å². The molecule has 0 bridgehead atoms. The monoisotopic (exact) mass is 628 g/mol. The van der Waals surface area contributed by atoms with Crippen LogP contribution in [0.4, 0.5) is 0 Å². The minimum Gasteiger partial charge on any atom is -0.507 e. The highest BCUT2D eigenvalue weighted by atomic mass is 16.3.